The molecule has 7 nitrogen and oxygen atoms in total. The van der Waals surface area contributed by atoms with Gasteiger partial charge in [-0.1, -0.05) is 29.8 Å². The largest absolute Gasteiger partial charge is 0.438 e. The van der Waals surface area contributed by atoms with Crippen LogP contribution in [0.2, 0.25) is 5.02 Å². The van der Waals surface area contributed by atoms with Crippen molar-refractivity contribution in [3.63, 3.8) is 0 Å². The van der Waals surface area contributed by atoms with Crippen molar-refractivity contribution in [3.05, 3.63) is 77.4 Å². The number of imidazole rings is 1. The van der Waals surface area contributed by atoms with Crippen molar-refractivity contribution in [2.45, 2.75) is 19.4 Å². The Morgan fingerprint density at radius 2 is 2.00 bits per heavy atom. The van der Waals surface area contributed by atoms with Gasteiger partial charge in [0.25, 0.3) is 0 Å². The number of benzene rings is 2. The summed E-state index contributed by atoms with van der Waals surface area (Å²) in [6.07, 6.45) is 3.58. The summed E-state index contributed by atoms with van der Waals surface area (Å²) in [5.74, 6) is 1.72. The van der Waals surface area contributed by atoms with Gasteiger partial charge in [-0.2, -0.15) is 0 Å². The summed E-state index contributed by atoms with van der Waals surface area (Å²) in [5, 5.41) is 11.4. The maximum atomic E-state index is 11.9. The first-order chi connectivity index (χ1) is 15.1. The summed E-state index contributed by atoms with van der Waals surface area (Å²) < 4.78 is 7.53. The van der Waals surface area contributed by atoms with E-state index in [0.717, 1.165) is 24.1 Å². The number of amides is 1. The van der Waals surface area contributed by atoms with Gasteiger partial charge in [0.15, 0.2) is 11.5 Å². The molecule has 0 bridgehead atoms. The number of rotatable bonds is 7. The lowest BCUT2D eigenvalue weighted by molar-refractivity contribution is -0.117. The van der Waals surface area contributed by atoms with Gasteiger partial charge in [0.2, 0.25) is 11.8 Å². The third-order valence-corrected chi connectivity index (χ3v) is 5.17. The van der Waals surface area contributed by atoms with Crippen LogP contribution in [0.1, 0.15) is 18.4 Å². The Bertz CT molecular complexity index is 1250. The van der Waals surface area contributed by atoms with Gasteiger partial charge in [0.05, 0.1) is 6.20 Å². The van der Waals surface area contributed by atoms with Crippen LogP contribution in [0.15, 0.2) is 66.9 Å². The molecule has 0 spiro atoms. The number of hydrogen-bond donors (Lipinski definition) is 2. The fraction of sp³-hybridized carbons (Fsp3) is 0.174. The minimum absolute atomic E-state index is 0.0157. The summed E-state index contributed by atoms with van der Waals surface area (Å²) in [7, 11) is 0. The minimum Gasteiger partial charge on any atom is -0.438 e. The van der Waals surface area contributed by atoms with Gasteiger partial charge in [-0.3, -0.25) is 4.79 Å². The van der Waals surface area contributed by atoms with Crippen LogP contribution >= 0.6 is 11.6 Å². The summed E-state index contributed by atoms with van der Waals surface area (Å²) in [4.78, 5) is 16.3. The molecular weight excluding hydrogens is 414 g/mol. The predicted molar refractivity (Wildman–Crippen MR) is 120 cm³/mol. The Kier molecular flexibility index (Phi) is 5.18. The quantitative estimate of drug-likeness (QED) is 0.422. The second-order valence-corrected chi connectivity index (χ2v) is 7.91. The molecule has 0 aliphatic heterocycles. The number of anilines is 2. The van der Waals surface area contributed by atoms with Crippen molar-refractivity contribution in [3.8, 4) is 11.6 Å². The molecule has 0 atom stereocenters. The molecule has 1 fully saturated rings. The molecule has 1 amide bonds. The van der Waals surface area contributed by atoms with Gasteiger partial charge < -0.3 is 15.4 Å². The van der Waals surface area contributed by atoms with Crippen LogP contribution in [0.4, 0.5) is 11.5 Å². The summed E-state index contributed by atoms with van der Waals surface area (Å²) in [6.45, 7) is 0.651. The molecule has 4 aromatic rings. The van der Waals surface area contributed by atoms with Gasteiger partial charge in [-0.05, 0) is 48.7 Å². The fourth-order valence-electron chi connectivity index (χ4n) is 3.19. The number of nitrogens with one attached hydrogen (secondary N) is 2. The SMILES string of the molecule is O=C(Nc1cn2nc(Oc3cccc(NCc4cccc(Cl)c4)c3)ccc2n1)C1CC1. The average molecular weight is 434 g/mol. The van der Waals surface area contributed by atoms with Crippen molar-refractivity contribution in [1.82, 2.24) is 14.6 Å². The van der Waals surface area contributed by atoms with Crippen LogP contribution in [0.3, 0.4) is 0 Å². The number of fused-ring (bicyclic) bond motifs is 1. The van der Waals surface area contributed by atoms with E-state index >= 15 is 0 Å². The molecule has 2 heterocycles. The molecule has 1 aliphatic carbocycles. The number of hydrogen-bond acceptors (Lipinski definition) is 5. The molecule has 1 aliphatic rings. The molecule has 0 saturated heterocycles. The molecule has 1 saturated carbocycles. The lowest BCUT2D eigenvalue weighted by atomic mass is 10.2. The molecule has 5 rings (SSSR count). The van der Waals surface area contributed by atoms with Gasteiger partial charge in [-0.15, -0.1) is 5.10 Å². The second kappa shape index (κ2) is 8.28. The number of nitrogens with zero attached hydrogens (tertiary/aromatic N) is 3. The van der Waals surface area contributed by atoms with Crippen LogP contribution in [-0.2, 0) is 11.3 Å². The maximum Gasteiger partial charge on any atom is 0.237 e. The number of carbonyl (C=O) groups excluding carboxylic acids is 1. The smallest absolute Gasteiger partial charge is 0.237 e. The molecule has 0 unspecified atom stereocenters. The minimum atomic E-state index is 0.0157. The number of halogens is 1. The van der Waals surface area contributed by atoms with Crippen LogP contribution in [-0.4, -0.2) is 20.5 Å². The van der Waals surface area contributed by atoms with Crippen LogP contribution in [0.5, 0.6) is 11.6 Å². The number of carbonyl (C=O) groups is 1. The lowest BCUT2D eigenvalue weighted by Gasteiger charge is -2.09. The third-order valence-electron chi connectivity index (χ3n) is 4.94. The van der Waals surface area contributed by atoms with E-state index in [1.807, 2.05) is 48.5 Å². The standard InChI is InChI=1S/C23H20ClN5O2/c24-17-4-1-3-15(11-17)13-25-18-5-2-6-19(12-18)31-22-10-9-21-26-20(14-29(21)28-22)27-23(30)16-7-8-16/h1-6,9-12,14,16,25H,7-8,13H2,(H,27,30). The van der Waals surface area contributed by atoms with Crippen LogP contribution in [0, 0.1) is 5.92 Å². The van der Waals surface area contributed by atoms with Crippen molar-refractivity contribution < 1.29 is 9.53 Å². The number of ether oxygens (including phenoxy) is 1. The topological polar surface area (TPSA) is 80.6 Å². The first-order valence-corrected chi connectivity index (χ1v) is 10.4. The Labute approximate surface area is 184 Å². The Morgan fingerprint density at radius 1 is 1.13 bits per heavy atom. The number of aromatic nitrogens is 3. The van der Waals surface area contributed by atoms with E-state index < -0.39 is 0 Å². The van der Waals surface area contributed by atoms with Gasteiger partial charge in [-0.25, -0.2) is 9.50 Å². The highest BCUT2D eigenvalue weighted by Gasteiger charge is 2.30. The summed E-state index contributed by atoms with van der Waals surface area (Å²) in [6, 6.07) is 18.9. The van der Waals surface area contributed by atoms with E-state index in [9.17, 15) is 4.79 Å². The average Bonchev–Trinajstić information content (AvgIpc) is 3.54. The maximum absolute atomic E-state index is 11.9. The van der Waals surface area contributed by atoms with Crippen molar-refractivity contribution in [1.29, 1.82) is 0 Å². The van der Waals surface area contributed by atoms with Crippen molar-refractivity contribution in [2.75, 3.05) is 10.6 Å². The Balaban J connectivity index is 1.26. The molecular formula is C23H20ClN5O2. The van der Waals surface area contributed by atoms with Crippen LogP contribution < -0.4 is 15.4 Å². The molecule has 31 heavy (non-hydrogen) atoms. The third kappa shape index (κ3) is 4.78. The van der Waals surface area contributed by atoms with Gasteiger partial charge >= 0.3 is 0 Å². The zero-order valence-corrected chi connectivity index (χ0v) is 17.3. The van der Waals surface area contributed by atoms with E-state index in [2.05, 4.69) is 20.7 Å². The Morgan fingerprint density at radius 3 is 2.84 bits per heavy atom. The molecule has 2 N–H and O–H groups in total. The normalized spacial score (nSPS) is 13.2. The highest BCUT2D eigenvalue weighted by Crippen LogP contribution is 2.30. The molecule has 2 aromatic carbocycles. The fourth-order valence-corrected chi connectivity index (χ4v) is 3.41. The summed E-state index contributed by atoms with van der Waals surface area (Å²) in [5.41, 5.74) is 2.65. The molecule has 0 radical (unpaired) electrons. The van der Waals surface area contributed by atoms with E-state index in [4.69, 9.17) is 16.3 Å². The van der Waals surface area contributed by atoms with E-state index in [1.54, 1.807) is 22.8 Å². The Hall–Kier alpha value is -3.58. The van der Waals surface area contributed by atoms with E-state index in [-0.39, 0.29) is 11.8 Å². The molecule has 8 heteroatoms. The van der Waals surface area contributed by atoms with E-state index in [1.165, 1.54) is 0 Å². The van der Waals surface area contributed by atoms with Gasteiger partial charge in [0.1, 0.15) is 5.75 Å². The predicted octanol–water partition coefficient (Wildman–Crippen LogP) is 5.14. The monoisotopic (exact) mass is 433 g/mol. The molecule has 156 valence electrons. The zero-order chi connectivity index (χ0) is 21.2. The first kappa shape index (κ1) is 19.4. The first-order valence-electron chi connectivity index (χ1n) is 10.1. The van der Waals surface area contributed by atoms with Gasteiger partial charge in [0, 0.05) is 35.3 Å². The second-order valence-electron chi connectivity index (χ2n) is 7.48. The van der Waals surface area contributed by atoms with Crippen molar-refractivity contribution in [2.24, 2.45) is 5.92 Å². The highest BCUT2D eigenvalue weighted by molar-refractivity contribution is 6.30. The van der Waals surface area contributed by atoms with E-state index in [0.29, 0.717) is 34.7 Å². The lowest BCUT2D eigenvalue weighted by Crippen LogP contribution is -2.13. The van der Waals surface area contributed by atoms with Crippen molar-refractivity contribution >= 4 is 34.7 Å². The van der Waals surface area contributed by atoms with Crippen LogP contribution in [0.25, 0.3) is 5.65 Å². The summed E-state index contributed by atoms with van der Waals surface area (Å²) >= 11 is 6.04. The highest BCUT2D eigenvalue weighted by atomic mass is 35.5. The zero-order valence-electron chi connectivity index (χ0n) is 16.6. The molecule has 2 aromatic heterocycles.